The molecule has 0 aliphatic carbocycles. The Balaban J connectivity index is 2.35. The number of hydrogen-bond acceptors (Lipinski definition) is 3. The molecular weight excluding hydrogens is 218 g/mol. The van der Waals surface area contributed by atoms with Crippen LogP contribution < -0.4 is 5.56 Å². The van der Waals surface area contributed by atoms with Crippen LogP contribution in [0.4, 0.5) is 0 Å². The number of furan rings is 1. The number of carbonyl (C=O) groups is 1. The van der Waals surface area contributed by atoms with Crippen LogP contribution in [0, 0.1) is 0 Å². The van der Waals surface area contributed by atoms with Crippen molar-refractivity contribution < 1.29 is 9.21 Å². The summed E-state index contributed by atoms with van der Waals surface area (Å²) in [5.74, 6) is -0.0440. The van der Waals surface area contributed by atoms with Crippen molar-refractivity contribution in [3.63, 3.8) is 0 Å². The lowest BCUT2D eigenvalue weighted by molar-refractivity contribution is 0.103. The SMILES string of the molecule is C=C(C(=O)c1ccco1)c1ccc(=O)n(C)c1. The molecule has 4 heteroatoms. The van der Waals surface area contributed by atoms with Gasteiger partial charge in [0, 0.05) is 30.4 Å². The molecule has 0 N–H and O–H groups in total. The number of ketones is 1. The Kier molecular flexibility index (Phi) is 2.78. The number of aromatic nitrogens is 1. The average Bonchev–Trinajstić information content (AvgIpc) is 2.84. The number of Topliss-reactive ketones (excluding diaryl/α,β-unsaturated/α-hetero) is 1. The summed E-state index contributed by atoms with van der Waals surface area (Å²) in [6.45, 7) is 3.73. The lowest BCUT2D eigenvalue weighted by atomic mass is 10.0. The second kappa shape index (κ2) is 4.25. The summed E-state index contributed by atoms with van der Waals surface area (Å²) in [6, 6.07) is 6.19. The molecule has 0 aliphatic heterocycles. The van der Waals surface area contributed by atoms with E-state index < -0.39 is 0 Å². The summed E-state index contributed by atoms with van der Waals surface area (Å²) in [6.07, 6.45) is 3.01. The highest BCUT2D eigenvalue weighted by atomic mass is 16.3. The van der Waals surface area contributed by atoms with E-state index >= 15 is 0 Å². The van der Waals surface area contributed by atoms with Gasteiger partial charge in [0.25, 0.3) is 0 Å². The lowest BCUT2D eigenvalue weighted by Crippen LogP contribution is -2.15. The van der Waals surface area contributed by atoms with Gasteiger partial charge in [-0.1, -0.05) is 6.58 Å². The number of pyridine rings is 1. The Morgan fingerprint density at radius 1 is 1.35 bits per heavy atom. The average molecular weight is 229 g/mol. The van der Waals surface area contributed by atoms with Crippen LogP contribution in [0.5, 0.6) is 0 Å². The second-order valence-electron chi connectivity index (χ2n) is 3.65. The largest absolute Gasteiger partial charge is 0.461 e. The third kappa shape index (κ3) is 2.10. The highest BCUT2D eigenvalue weighted by Crippen LogP contribution is 2.16. The van der Waals surface area contributed by atoms with Crippen molar-refractivity contribution >= 4 is 11.4 Å². The van der Waals surface area contributed by atoms with Crippen LogP contribution in [-0.2, 0) is 7.05 Å². The zero-order valence-electron chi connectivity index (χ0n) is 9.34. The number of allylic oxidation sites excluding steroid dienone is 1. The van der Waals surface area contributed by atoms with E-state index in [1.54, 1.807) is 31.4 Å². The van der Waals surface area contributed by atoms with Crippen molar-refractivity contribution in [3.8, 4) is 0 Å². The van der Waals surface area contributed by atoms with Gasteiger partial charge in [-0.3, -0.25) is 9.59 Å². The number of nitrogens with zero attached hydrogens (tertiary/aromatic N) is 1. The molecule has 0 saturated heterocycles. The van der Waals surface area contributed by atoms with Crippen LogP contribution >= 0.6 is 0 Å². The van der Waals surface area contributed by atoms with Crippen molar-refractivity contribution in [3.05, 3.63) is 65.0 Å². The zero-order chi connectivity index (χ0) is 12.4. The molecule has 0 unspecified atom stereocenters. The van der Waals surface area contributed by atoms with Gasteiger partial charge in [0.1, 0.15) is 0 Å². The predicted molar refractivity (Wildman–Crippen MR) is 63.8 cm³/mol. The first-order valence-electron chi connectivity index (χ1n) is 5.04. The van der Waals surface area contributed by atoms with E-state index in [9.17, 15) is 9.59 Å². The molecule has 0 amide bonds. The zero-order valence-corrected chi connectivity index (χ0v) is 9.34. The van der Waals surface area contributed by atoms with Gasteiger partial charge in [-0.25, -0.2) is 0 Å². The highest BCUT2D eigenvalue weighted by Gasteiger charge is 2.14. The van der Waals surface area contributed by atoms with Gasteiger partial charge in [0.15, 0.2) is 5.76 Å². The molecular formula is C13H11NO3. The molecule has 0 bridgehead atoms. The Morgan fingerprint density at radius 2 is 2.12 bits per heavy atom. The summed E-state index contributed by atoms with van der Waals surface area (Å²) in [5, 5.41) is 0. The van der Waals surface area contributed by atoms with Crippen LogP contribution in [0.25, 0.3) is 5.57 Å². The fourth-order valence-corrected chi connectivity index (χ4v) is 1.46. The molecule has 2 aromatic rings. The minimum atomic E-state index is -0.284. The molecule has 86 valence electrons. The summed E-state index contributed by atoms with van der Waals surface area (Å²) < 4.78 is 6.41. The monoisotopic (exact) mass is 229 g/mol. The Labute approximate surface area is 97.8 Å². The van der Waals surface area contributed by atoms with Crippen LogP contribution in [0.15, 0.2) is 52.5 Å². The van der Waals surface area contributed by atoms with Crippen LogP contribution in [0.2, 0.25) is 0 Å². The van der Waals surface area contributed by atoms with Crippen LogP contribution in [0.3, 0.4) is 0 Å². The minimum absolute atomic E-state index is 0.132. The minimum Gasteiger partial charge on any atom is -0.461 e. The number of carbonyl (C=O) groups excluding carboxylic acids is 1. The van der Waals surface area contributed by atoms with E-state index in [4.69, 9.17) is 4.42 Å². The summed E-state index contributed by atoms with van der Waals surface area (Å²) in [5.41, 5.74) is 0.774. The quantitative estimate of drug-likeness (QED) is 0.596. The van der Waals surface area contributed by atoms with Crippen molar-refractivity contribution in [1.29, 1.82) is 0 Å². The molecule has 0 fully saturated rings. The molecule has 0 aromatic carbocycles. The van der Waals surface area contributed by atoms with Gasteiger partial charge in [0.05, 0.1) is 6.26 Å². The third-order valence-electron chi connectivity index (χ3n) is 2.45. The standard InChI is InChI=1S/C13H11NO3/c1-9(13(16)11-4-3-7-17-11)10-5-6-12(15)14(2)8-10/h3-8H,1H2,2H3. The highest BCUT2D eigenvalue weighted by molar-refractivity contribution is 6.27. The maximum Gasteiger partial charge on any atom is 0.250 e. The lowest BCUT2D eigenvalue weighted by Gasteiger charge is -2.04. The van der Waals surface area contributed by atoms with Crippen molar-refractivity contribution in [2.75, 3.05) is 0 Å². The summed E-state index contributed by atoms with van der Waals surface area (Å²) >= 11 is 0. The van der Waals surface area contributed by atoms with Crippen molar-refractivity contribution in [2.45, 2.75) is 0 Å². The van der Waals surface area contributed by atoms with Gasteiger partial charge in [-0.15, -0.1) is 0 Å². The van der Waals surface area contributed by atoms with E-state index in [2.05, 4.69) is 6.58 Å². The molecule has 0 atom stereocenters. The topological polar surface area (TPSA) is 52.2 Å². The Bertz CT molecular complexity index is 620. The molecule has 4 nitrogen and oxygen atoms in total. The van der Waals surface area contributed by atoms with Gasteiger partial charge in [-0.2, -0.15) is 0 Å². The first-order chi connectivity index (χ1) is 8.09. The molecule has 17 heavy (non-hydrogen) atoms. The second-order valence-corrected chi connectivity index (χ2v) is 3.65. The van der Waals surface area contributed by atoms with E-state index in [1.807, 2.05) is 0 Å². The molecule has 0 aliphatic rings. The Morgan fingerprint density at radius 3 is 2.71 bits per heavy atom. The summed E-state index contributed by atoms with van der Waals surface area (Å²) in [7, 11) is 1.62. The van der Waals surface area contributed by atoms with E-state index in [-0.39, 0.29) is 17.1 Å². The fourth-order valence-electron chi connectivity index (χ4n) is 1.46. The van der Waals surface area contributed by atoms with Gasteiger partial charge >= 0.3 is 0 Å². The number of aryl methyl sites for hydroxylation is 1. The Hall–Kier alpha value is -2.36. The van der Waals surface area contributed by atoms with E-state index in [1.165, 1.54) is 16.9 Å². The van der Waals surface area contributed by atoms with Gasteiger partial charge < -0.3 is 8.98 Å². The third-order valence-corrected chi connectivity index (χ3v) is 2.45. The van der Waals surface area contributed by atoms with Crippen molar-refractivity contribution in [2.24, 2.45) is 7.05 Å². The molecule has 0 spiro atoms. The number of rotatable bonds is 3. The van der Waals surface area contributed by atoms with Gasteiger partial charge in [-0.05, 0) is 18.2 Å². The molecule has 2 aromatic heterocycles. The first kappa shape index (κ1) is 11.1. The fraction of sp³-hybridized carbons (Fsp3) is 0.0769. The molecule has 0 saturated carbocycles. The number of hydrogen-bond donors (Lipinski definition) is 0. The smallest absolute Gasteiger partial charge is 0.250 e. The van der Waals surface area contributed by atoms with Gasteiger partial charge in [0.2, 0.25) is 11.3 Å². The predicted octanol–water partition coefficient (Wildman–Crippen LogP) is 1.87. The van der Waals surface area contributed by atoms with Crippen molar-refractivity contribution in [1.82, 2.24) is 4.57 Å². The maximum atomic E-state index is 11.9. The molecule has 2 rings (SSSR count). The maximum absolute atomic E-state index is 11.9. The first-order valence-corrected chi connectivity index (χ1v) is 5.04. The van der Waals surface area contributed by atoms with E-state index in [0.717, 1.165) is 0 Å². The van der Waals surface area contributed by atoms with Crippen LogP contribution in [-0.4, -0.2) is 10.4 Å². The van der Waals surface area contributed by atoms with Crippen LogP contribution in [0.1, 0.15) is 16.1 Å². The van der Waals surface area contributed by atoms with E-state index in [0.29, 0.717) is 11.1 Å². The summed E-state index contributed by atoms with van der Waals surface area (Å²) in [4.78, 5) is 23.1. The molecule has 2 heterocycles. The normalized spacial score (nSPS) is 10.2. The molecule has 0 radical (unpaired) electrons.